The van der Waals surface area contributed by atoms with Crippen LogP contribution in [0.25, 0.3) is 0 Å². The second-order valence-electron chi connectivity index (χ2n) is 6.17. The molecule has 1 aliphatic heterocycles. The minimum Gasteiger partial charge on any atom is -0.486 e. The Balaban J connectivity index is 1.81. The van der Waals surface area contributed by atoms with Gasteiger partial charge in [-0.15, -0.1) is 0 Å². The van der Waals surface area contributed by atoms with Gasteiger partial charge in [0, 0.05) is 11.8 Å². The first-order valence-electron chi connectivity index (χ1n) is 8.83. The van der Waals surface area contributed by atoms with Gasteiger partial charge in [0.1, 0.15) is 19.8 Å². The second kappa shape index (κ2) is 8.39. The van der Waals surface area contributed by atoms with Crippen molar-refractivity contribution in [1.82, 2.24) is 0 Å². The van der Waals surface area contributed by atoms with E-state index in [-0.39, 0.29) is 17.0 Å². The van der Waals surface area contributed by atoms with Crippen LogP contribution in [0.1, 0.15) is 17.3 Å². The van der Waals surface area contributed by atoms with Crippen molar-refractivity contribution in [2.24, 2.45) is 0 Å². The third-order valence-electron chi connectivity index (χ3n) is 4.22. The van der Waals surface area contributed by atoms with Crippen LogP contribution in [0.2, 0.25) is 0 Å². The molecule has 1 aliphatic rings. The van der Waals surface area contributed by atoms with Crippen molar-refractivity contribution in [3.05, 3.63) is 48.0 Å². The van der Waals surface area contributed by atoms with E-state index < -0.39 is 28.4 Å². The highest BCUT2D eigenvalue weighted by molar-refractivity contribution is 7.92. The van der Waals surface area contributed by atoms with Gasteiger partial charge in [0.25, 0.3) is 0 Å². The maximum absolute atomic E-state index is 12.6. The van der Waals surface area contributed by atoms with Crippen LogP contribution < -0.4 is 19.1 Å². The number of sulfonamides is 1. The molecule has 3 rings (SSSR count). The Labute approximate surface area is 167 Å². The van der Waals surface area contributed by atoms with Crippen molar-refractivity contribution in [3.8, 4) is 11.5 Å². The molecule has 0 spiro atoms. The van der Waals surface area contributed by atoms with Gasteiger partial charge in [-0.3, -0.25) is 9.10 Å². The van der Waals surface area contributed by atoms with Gasteiger partial charge in [-0.05, 0) is 43.3 Å². The molecule has 154 valence electrons. The first kappa shape index (κ1) is 20.5. The lowest BCUT2D eigenvalue weighted by Gasteiger charge is -2.25. The van der Waals surface area contributed by atoms with Crippen LogP contribution in [0, 0.1) is 0 Å². The molecule has 0 atom stereocenters. The SMILES string of the molecule is CCS(=O)(=O)N(CC(=O)Nc1ccc(C(=O)O)cc1)c1ccc2c(c1)OCCO2. The highest BCUT2D eigenvalue weighted by atomic mass is 32.2. The molecule has 0 radical (unpaired) electrons. The highest BCUT2D eigenvalue weighted by Crippen LogP contribution is 2.34. The van der Waals surface area contributed by atoms with Crippen LogP contribution in [-0.2, 0) is 14.8 Å². The van der Waals surface area contributed by atoms with Crippen molar-refractivity contribution >= 4 is 33.3 Å². The number of rotatable bonds is 7. The third-order valence-corrected chi connectivity index (χ3v) is 5.96. The van der Waals surface area contributed by atoms with Crippen LogP contribution in [-0.4, -0.2) is 50.9 Å². The Bertz CT molecular complexity index is 1020. The van der Waals surface area contributed by atoms with E-state index in [0.29, 0.717) is 30.4 Å². The normalized spacial score (nSPS) is 12.9. The zero-order chi connectivity index (χ0) is 21.0. The van der Waals surface area contributed by atoms with Crippen LogP contribution in [0.3, 0.4) is 0 Å². The Morgan fingerprint density at radius 1 is 1.07 bits per heavy atom. The quantitative estimate of drug-likeness (QED) is 0.702. The van der Waals surface area contributed by atoms with E-state index in [0.717, 1.165) is 4.31 Å². The topological polar surface area (TPSA) is 122 Å². The largest absolute Gasteiger partial charge is 0.486 e. The number of carbonyl (C=O) groups is 2. The van der Waals surface area contributed by atoms with Gasteiger partial charge in [-0.2, -0.15) is 0 Å². The summed E-state index contributed by atoms with van der Waals surface area (Å²) in [5.74, 6) is -0.921. The summed E-state index contributed by atoms with van der Waals surface area (Å²) in [4.78, 5) is 23.4. The number of amides is 1. The molecule has 0 saturated heterocycles. The maximum Gasteiger partial charge on any atom is 0.335 e. The van der Waals surface area contributed by atoms with Gasteiger partial charge in [0.2, 0.25) is 15.9 Å². The van der Waals surface area contributed by atoms with Crippen molar-refractivity contribution in [1.29, 1.82) is 0 Å². The van der Waals surface area contributed by atoms with Crippen molar-refractivity contribution in [3.63, 3.8) is 0 Å². The maximum atomic E-state index is 12.6. The molecule has 2 aromatic rings. The predicted octanol–water partition coefficient (Wildman–Crippen LogP) is 1.95. The Hall–Kier alpha value is -3.27. The summed E-state index contributed by atoms with van der Waals surface area (Å²) >= 11 is 0. The number of aromatic carboxylic acids is 1. The standard InChI is InChI=1S/C19H20N2O7S/c1-2-29(25,26)21(15-7-8-16-17(11-15)28-10-9-27-16)12-18(22)20-14-5-3-13(4-6-14)19(23)24/h3-8,11H,2,9-10,12H2,1H3,(H,20,22)(H,23,24). The number of carbonyl (C=O) groups excluding carboxylic acids is 1. The molecule has 0 aromatic heterocycles. The summed E-state index contributed by atoms with van der Waals surface area (Å²) in [6.45, 7) is 1.80. The molecule has 10 heteroatoms. The van der Waals surface area contributed by atoms with E-state index in [9.17, 15) is 18.0 Å². The summed E-state index contributed by atoms with van der Waals surface area (Å²) in [6.07, 6.45) is 0. The van der Waals surface area contributed by atoms with Crippen LogP contribution >= 0.6 is 0 Å². The summed E-state index contributed by atoms with van der Waals surface area (Å²) in [7, 11) is -3.75. The summed E-state index contributed by atoms with van der Waals surface area (Å²) in [5.41, 5.74) is 0.720. The predicted molar refractivity (Wildman–Crippen MR) is 106 cm³/mol. The number of anilines is 2. The molecule has 0 unspecified atom stereocenters. The average Bonchev–Trinajstić information content (AvgIpc) is 2.72. The molecule has 29 heavy (non-hydrogen) atoms. The van der Waals surface area contributed by atoms with Crippen LogP contribution in [0.5, 0.6) is 11.5 Å². The fourth-order valence-electron chi connectivity index (χ4n) is 2.72. The van der Waals surface area contributed by atoms with E-state index in [2.05, 4.69) is 5.32 Å². The smallest absolute Gasteiger partial charge is 0.335 e. The number of ether oxygens (including phenoxy) is 2. The van der Waals surface area contributed by atoms with E-state index >= 15 is 0 Å². The van der Waals surface area contributed by atoms with Crippen molar-refractivity contribution in [2.45, 2.75) is 6.92 Å². The van der Waals surface area contributed by atoms with E-state index in [1.165, 1.54) is 37.3 Å². The molecule has 2 N–H and O–H groups in total. The van der Waals surface area contributed by atoms with E-state index in [1.54, 1.807) is 12.1 Å². The molecular formula is C19H20N2O7S. The number of fused-ring (bicyclic) bond motifs is 1. The third kappa shape index (κ3) is 4.77. The minimum absolute atomic E-state index is 0.0782. The number of nitrogens with one attached hydrogen (secondary N) is 1. The van der Waals surface area contributed by atoms with Gasteiger partial charge in [0.05, 0.1) is 17.0 Å². The van der Waals surface area contributed by atoms with Crippen LogP contribution in [0.15, 0.2) is 42.5 Å². The van der Waals surface area contributed by atoms with Gasteiger partial charge in [-0.1, -0.05) is 0 Å². The van der Waals surface area contributed by atoms with Crippen molar-refractivity contribution < 1.29 is 32.6 Å². The zero-order valence-corrected chi connectivity index (χ0v) is 16.4. The fourth-order valence-corrected chi connectivity index (χ4v) is 3.78. The van der Waals surface area contributed by atoms with Gasteiger partial charge >= 0.3 is 5.97 Å². The number of carboxylic acids is 1. The van der Waals surface area contributed by atoms with Gasteiger partial charge in [-0.25, -0.2) is 13.2 Å². The highest BCUT2D eigenvalue weighted by Gasteiger charge is 2.25. The summed E-state index contributed by atoms with van der Waals surface area (Å²) in [6, 6.07) is 10.2. The van der Waals surface area contributed by atoms with Crippen LogP contribution in [0.4, 0.5) is 11.4 Å². The monoisotopic (exact) mass is 420 g/mol. The summed E-state index contributed by atoms with van der Waals surface area (Å²) < 4.78 is 37.1. The number of hydrogen-bond donors (Lipinski definition) is 2. The first-order valence-corrected chi connectivity index (χ1v) is 10.4. The first-order chi connectivity index (χ1) is 13.8. The molecule has 1 amide bonds. The summed E-state index contributed by atoms with van der Waals surface area (Å²) in [5, 5.41) is 11.5. The second-order valence-corrected chi connectivity index (χ2v) is 8.35. The Morgan fingerprint density at radius 2 is 1.72 bits per heavy atom. The molecule has 0 fully saturated rings. The Morgan fingerprint density at radius 3 is 2.34 bits per heavy atom. The van der Waals surface area contributed by atoms with E-state index in [4.69, 9.17) is 14.6 Å². The number of nitrogens with zero attached hydrogens (tertiary/aromatic N) is 1. The lowest BCUT2D eigenvalue weighted by molar-refractivity contribution is -0.114. The fraction of sp³-hybridized carbons (Fsp3) is 0.263. The van der Waals surface area contributed by atoms with Gasteiger partial charge < -0.3 is 19.9 Å². The number of carboxylic acid groups (broad SMARTS) is 1. The molecule has 0 bridgehead atoms. The molecule has 1 heterocycles. The Kier molecular flexibility index (Phi) is 5.92. The van der Waals surface area contributed by atoms with Crippen molar-refractivity contribution in [2.75, 3.05) is 35.1 Å². The van der Waals surface area contributed by atoms with Gasteiger partial charge in [0.15, 0.2) is 11.5 Å². The lowest BCUT2D eigenvalue weighted by atomic mass is 10.2. The number of hydrogen-bond acceptors (Lipinski definition) is 6. The minimum atomic E-state index is -3.75. The average molecular weight is 420 g/mol. The molecule has 9 nitrogen and oxygen atoms in total. The molecule has 0 aliphatic carbocycles. The molecule has 2 aromatic carbocycles. The lowest BCUT2D eigenvalue weighted by Crippen LogP contribution is -2.39. The molecule has 0 saturated carbocycles. The number of benzene rings is 2. The van der Waals surface area contributed by atoms with E-state index in [1.807, 2.05) is 0 Å². The zero-order valence-electron chi connectivity index (χ0n) is 15.6. The molecular weight excluding hydrogens is 400 g/mol.